The maximum absolute atomic E-state index is 12.2. The van der Waals surface area contributed by atoms with Crippen LogP contribution in [0.4, 0.5) is 18.9 Å². The summed E-state index contributed by atoms with van der Waals surface area (Å²) in [6, 6.07) is 1.43. The van der Waals surface area contributed by atoms with Gasteiger partial charge in [0.1, 0.15) is 0 Å². The molecule has 2 nitrogen and oxygen atoms in total. The van der Waals surface area contributed by atoms with Gasteiger partial charge in [0.15, 0.2) is 0 Å². The highest BCUT2D eigenvalue weighted by molar-refractivity contribution is 5.67. The Labute approximate surface area is 79.3 Å². The van der Waals surface area contributed by atoms with Crippen molar-refractivity contribution >= 4 is 11.3 Å². The molecule has 0 aliphatic heterocycles. The summed E-state index contributed by atoms with van der Waals surface area (Å²) in [5, 5.41) is 0. The van der Waals surface area contributed by atoms with Crippen molar-refractivity contribution in [2.24, 2.45) is 0 Å². The minimum absolute atomic E-state index is 0.160. The fourth-order valence-corrected chi connectivity index (χ4v) is 1.05. The number of pyridine rings is 1. The molecule has 0 amide bonds. The number of anilines is 1. The average Bonchev–Trinajstić information content (AvgIpc) is 2.01. The molecule has 1 aromatic heterocycles. The van der Waals surface area contributed by atoms with Gasteiger partial charge in [0.05, 0.1) is 23.2 Å². The molecule has 0 aromatic carbocycles. The first-order valence-corrected chi connectivity index (χ1v) is 3.81. The third kappa shape index (κ3) is 2.04. The second-order valence-corrected chi connectivity index (χ2v) is 2.91. The molecule has 2 N–H and O–H groups in total. The number of nitrogens with two attached hydrogens (primary N) is 1. The second kappa shape index (κ2) is 3.32. The summed E-state index contributed by atoms with van der Waals surface area (Å²) >= 11 is 0. The van der Waals surface area contributed by atoms with Gasteiger partial charge >= 0.3 is 6.18 Å². The third-order valence-electron chi connectivity index (χ3n) is 1.73. The van der Waals surface area contributed by atoms with Gasteiger partial charge in [-0.1, -0.05) is 6.58 Å². The summed E-state index contributed by atoms with van der Waals surface area (Å²) in [5.41, 5.74) is 4.96. The number of hydrogen-bond acceptors (Lipinski definition) is 2. The van der Waals surface area contributed by atoms with Crippen LogP contribution in [0.25, 0.3) is 5.57 Å². The molecule has 0 aliphatic rings. The van der Waals surface area contributed by atoms with Crippen molar-refractivity contribution in [1.82, 2.24) is 4.98 Å². The summed E-state index contributed by atoms with van der Waals surface area (Å²) < 4.78 is 36.7. The number of rotatable bonds is 1. The van der Waals surface area contributed by atoms with Gasteiger partial charge in [-0.15, -0.1) is 0 Å². The minimum atomic E-state index is -4.45. The number of nitrogens with zero attached hydrogens (tertiary/aromatic N) is 1. The first-order chi connectivity index (χ1) is 6.32. The fraction of sp³-hybridized carbons (Fsp3) is 0.222. The highest BCUT2D eigenvalue weighted by Crippen LogP contribution is 2.32. The molecule has 5 heteroatoms. The van der Waals surface area contributed by atoms with Gasteiger partial charge in [0.2, 0.25) is 0 Å². The van der Waals surface area contributed by atoms with Crippen LogP contribution in [0.2, 0.25) is 0 Å². The van der Waals surface area contributed by atoms with Crippen molar-refractivity contribution in [1.29, 1.82) is 0 Å². The molecule has 0 aliphatic carbocycles. The Morgan fingerprint density at radius 2 is 2.07 bits per heavy atom. The van der Waals surface area contributed by atoms with E-state index in [1.54, 1.807) is 0 Å². The molecule has 0 spiro atoms. The SMILES string of the molecule is C=C(c1ncc(N)cc1C)C(F)(F)F. The maximum atomic E-state index is 12.2. The van der Waals surface area contributed by atoms with E-state index in [9.17, 15) is 13.2 Å². The molecular weight excluding hydrogens is 193 g/mol. The Balaban J connectivity index is 3.15. The van der Waals surface area contributed by atoms with Gasteiger partial charge in [-0.05, 0) is 18.6 Å². The van der Waals surface area contributed by atoms with Crippen LogP contribution in [0.5, 0.6) is 0 Å². The third-order valence-corrected chi connectivity index (χ3v) is 1.73. The zero-order chi connectivity index (χ0) is 10.9. The standard InChI is InChI=1S/C9H9F3N2/c1-5-3-7(13)4-14-8(5)6(2)9(10,11)12/h3-4H,2,13H2,1H3. The predicted molar refractivity (Wildman–Crippen MR) is 48.5 cm³/mol. The average molecular weight is 202 g/mol. The summed E-state index contributed by atoms with van der Waals surface area (Å²) in [4.78, 5) is 3.60. The van der Waals surface area contributed by atoms with Gasteiger partial charge < -0.3 is 5.73 Å². The molecule has 1 rings (SSSR count). The number of aryl methyl sites for hydroxylation is 1. The number of halogens is 3. The Morgan fingerprint density at radius 1 is 1.50 bits per heavy atom. The zero-order valence-corrected chi connectivity index (χ0v) is 7.52. The summed E-state index contributed by atoms with van der Waals surface area (Å²) in [7, 11) is 0. The van der Waals surface area contributed by atoms with E-state index in [1.165, 1.54) is 19.2 Å². The van der Waals surface area contributed by atoms with E-state index in [4.69, 9.17) is 5.73 Å². The lowest BCUT2D eigenvalue weighted by molar-refractivity contribution is -0.0689. The fourth-order valence-electron chi connectivity index (χ4n) is 1.05. The molecular formula is C9H9F3N2. The lowest BCUT2D eigenvalue weighted by Gasteiger charge is -2.11. The molecule has 14 heavy (non-hydrogen) atoms. The van der Waals surface area contributed by atoms with Crippen LogP contribution in [0, 0.1) is 6.92 Å². The van der Waals surface area contributed by atoms with Crippen LogP contribution in [-0.2, 0) is 0 Å². The van der Waals surface area contributed by atoms with E-state index in [0.29, 0.717) is 11.3 Å². The topological polar surface area (TPSA) is 38.9 Å². The van der Waals surface area contributed by atoms with Crippen LogP contribution >= 0.6 is 0 Å². The number of alkyl halides is 3. The highest BCUT2D eigenvalue weighted by Gasteiger charge is 2.34. The zero-order valence-electron chi connectivity index (χ0n) is 7.52. The largest absolute Gasteiger partial charge is 0.417 e. The quantitative estimate of drug-likeness (QED) is 0.760. The van der Waals surface area contributed by atoms with E-state index >= 15 is 0 Å². The predicted octanol–water partition coefficient (Wildman–Crippen LogP) is 2.55. The first kappa shape index (κ1) is 10.6. The lowest BCUT2D eigenvalue weighted by atomic mass is 10.1. The Kier molecular flexibility index (Phi) is 2.51. The van der Waals surface area contributed by atoms with Gasteiger partial charge in [-0.3, -0.25) is 4.98 Å². The molecule has 76 valence electrons. The van der Waals surface area contributed by atoms with Gasteiger partial charge in [-0.25, -0.2) is 0 Å². The van der Waals surface area contributed by atoms with E-state index in [0.717, 1.165) is 0 Å². The van der Waals surface area contributed by atoms with Crippen molar-refractivity contribution in [3.8, 4) is 0 Å². The van der Waals surface area contributed by atoms with E-state index < -0.39 is 11.7 Å². The van der Waals surface area contributed by atoms with E-state index in [-0.39, 0.29) is 5.69 Å². The van der Waals surface area contributed by atoms with Crippen LogP contribution in [0.3, 0.4) is 0 Å². The second-order valence-electron chi connectivity index (χ2n) is 2.91. The molecule has 0 radical (unpaired) electrons. The molecule has 0 fully saturated rings. The number of hydrogen-bond donors (Lipinski definition) is 1. The lowest BCUT2D eigenvalue weighted by Crippen LogP contribution is -2.12. The van der Waals surface area contributed by atoms with Gasteiger partial charge in [0, 0.05) is 0 Å². The van der Waals surface area contributed by atoms with Crippen molar-refractivity contribution in [3.05, 3.63) is 30.1 Å². The Bertz CT molecular complexity index is 369. The first-order valence-electron chi connectivity index (χ1n) is 3.81. The van der Waals surface area contributed by atoms with Gasteiger partial charge in [0.25, 0.3) is 0 Å². The monoisotopic (exact) mass is 202 g/mol. The molecule has 0 saturated heterocycles. The Morgan fingerprint density at radius 3 is 2.50 bits per heavy atom. The van der Waals surface area contributed by atoms with E-state index in [2.05, 4.69) is 11.6 Å². The number of aromatic nitrogens is 1. The maximum Gasteiger partial charge on any atom is 0.417 e. The smallest absolute Gasteiger partial charge is 0.397 e. The molecule has 0 bridgehead atoms. The molecule has 1 aromatic rings. The normalized spacial score (nSPS) is 11.4. The molecule has 0 unspecified atom stereocenters. The summed E-state index contributed by atoms with van der Waals surface area (Å²) in [6.07, 6.45) is -3.27. The minimum Gasteiger partial charge on any atom is -0.397 e. The van der Waals surface area contributed by atoms with Gasteiger partial charge in [-0.2, -0.15) is 13.2 Å². The summed E-state index contributed by atoms with van der Waals surface area (Å²) in [6.45, 7) is 4.47. The van der Waals surface area contributed by atoms with Crippen molar-refractivity contribution in [2.75, 3.05) is 5.73 Å². The van der Waals surface area contributed by atoms with Crippen LogP contribution < -0.4 is 5.73 Å². The highest BCUT2D eigenvalue weighted by atomic mass is 19.4. The van der Waals surface area contributed by atoms with Crippen LogP contribution in [-0.4, -0.2) is 11.2 Å². The number of nitrogen functional groups attached to an aromatic ring is 1. The summed E-state index contributed by atoms with van der Waals surface area (Å²) in [5.74, 6) is 0. The van der Waals surface area contributed by atoms with Crippen molar-refractivity contribution < 1.29 is 13.2 Å². The van der Waals surface area contributed by atoms with Crippen molar-refractivity contribution in [3.63, 3.8) is 0 Å². The number of allylic oxidation sites excluding steroid dienone is 1. The Hall–Kier alpha value is -1.52. The molecule has 0 saturated carbocycles. The van der Waals surface area contributed by atoms with Crippen LogP contribution in [0.15, 0.2) is 18.8 Å². The molecule has 1 heterocycles. The van der Waals surface area contributed by atoms with E-state index in [1.807, 2.05) is 0 Å². The van der Waals surface area contributed by atoms with Crippen LogP contribution in [0.1, 0.15) is 11.3 Å². The van der Waals surface area contributed by atoms with Crippen molar-refractivity contribution in [2.45, 2.75) is 13.1 Å². The molecule has 0 atom stereocenters.